The van der Waals surface area contributed by atoms with E-state index in [1.807, 2.05) is 0 Å². The van der Waals surface area contributed by atoms with Gasteiger partial charge >= 0.3 is 0 Å². The molecule has 0 aliphatic carbocycles. The molecule has 0 saturated carbocycles. The van der Waals surface area contributed by atoms with Gasteiger partial charge in [-0.05, 0) is 36.2 Å². The fraction of sp³-hybridized carbons (Fsp3) is 0.227. The summed E-state index contributed by atoms with van der Waals surface area (Å²) in [7, 11) is 0. The zero-order valence-electron chi connectivity index (χ0n) is 17.1. The number of hydrogen-bond donors (Lipinski definition) is 2. The molecule has 1 atom stereocenters. The Morgan fingerprint density at radius 1 is 1.12 bits per heavy atom. The second-order valence-corrected chi connectivity index (χ2v) is 7.83. The van der Waals surface area contributed by atoms with Crippen molar-refractivity contribution in [3.8, 4) is 16.9 Å². The maximum atomic E-state index is 14.0. The number of aliphatic hydroxyl groups is 1. The van der Waals surface area contributed by atoms with Gasteiger partial charge in [-0.2, -0.15) is 9.78 Å². The Kier molecular flexibility index (Phi) is 7.00. The predicted octanol–water partition coefficient (Wildman–Crippen LogP) is 3.72. The Labute approximate surface area is 186 Å². The van der Waals surface area contributed by atoms with Crippen LogP contribution < -0.4 is 10.9 Å². The highest BCUT2D eigenvalue weighted by molar-refractivity contribution is 6.30. The van der Waals surface area contributed by atoms with Crippen LogP contribution in [0.2, 0.25) is 5.02 Å². The summed E-state index contributed by atoms with van der Waals surface area (Å²) in [5.41, 5.74) is -1.46. The minimum atomic E-state index is -0.956. The van der Waals surface area contributed by atoms with Crippen molar-refractivity contribution in [1.29, 1.82) is 0 Å². The highest BCUT2D eigenvalue weighted by Gasteiger charge is 2.22. The van der Waals surface area contributed by atoms with Crippen molar-refractivity contribution < 1.29 is 23.1 Å². The zero-order chi connectivity index (χ0) is 23.6. The second-order valence-electron chi connectivity index (χ2n) is 7.42. The summed E-state index contributed by atoms with van der Waals surface area (Å²) in [6.45, 7) is 3.17. The normalized spacial score (nSPS) is 12.1. The third-order valence-corrected chi connectivity index (χ3v) is 5.09. The lowest BCUT2D eigenvalue weighted by Gasteiger charge is -2.20. The first kappa shape index (κ1) is 23.5. The van der Waals surface area contributed by atoms with Crippen LogP contribution in [0.25, 0.3) is 16.9 Å². The number of hydrogen-bond acceptors (Lipinski definition) is 4. The third-order valence-electron chi connectivity index (χ3n) is 4.78. The van der Waals surface area contributed by atoms with E-state index < -0.39 is 40.5 Å². The lowest BCUT2D eigenvalue weighted by Crippen LogP contribution is -2.43. The molecule has 32 heavy (non-hydrogen) atoms. The molecule has 3 aromatic rings. The van der Waals surface area contributed by atoms with Crippen LogP contribution >= 0.6 is 11.6 Å². The molecule has 0 fully saturated rings. The molecule has 0 bridgehead atoms. The summed E-state index contributed by atoms with van der Waals surface area (Å²) in [6.07, 6.45) is 0. The van der Waals surface area contributed by atoms with E-state index in [4.69, 9.17) is 11.6 Å². The van der Waals surface area contributed by atoms with Crippen LogP contribution in [-0.2, 0) is 0 Å². The van der Waals surface area contributed by atoms with E-state index in [9.17, 15) is 27.9 Å². The Morgan fingerprint density at radius 2 is 1.78 bits per heavy atom. The van der Waals surface area contributed by atoms with Crippen molar-refractivity contribution in [2.24, 2.45) is 5.92 Å². The van der Waals surface area contributed by atoms with Gasteiger partial charge < -0.3 is 10.4 Å². The van der Waals surface area contributed by atoms with Gasteiger partial charge in [0, 0.05) is 11.6 Å². The lowest BCUT2D eigenvalue weighted by molar-refractivity contribution is 0.0894. The van der Waals surface area contributed by atoms with Gasteiger partial charge in [0.2, 0.25) is 0 Å². The van der Waals surface area contributed by atoms with Gasteiger partial charge in [0.25, 0.3) is 11.5 Å². The first-order chi connectivity index (χ1) is 15.1. The van der Waals surface area contributed by atoms with E-state index in [0.29, 0.717) is 10.7 Å². The molecule has 0 saturated heterocycles. The number of aliphatic hydroxyl groups excluding tert-OH is 1. The molecule has 0 spiro atoms. The number of halogens is 4. The summed E-state index contributed by atoms with van der Waals surface area (Å²) in [5, 5.41) is 16.0. The van der Waals surface area contributed by atoms with Crippen LogP contribution in [0.1, 0.15) is 24.2 Å². The van der Waals surface area contributed by atoms with Gasteiger partial charge in [0.15, 0.2) is 0 Å². The summed E-state index contributed by atoms with van der Waals surface area (Å²) in [6, 6.07) is 6.60. The minimum Gasteiger partial charge on any atom is -0.394 e. The number of amides is 1. The molecule has 3 rings (SSSR count). The van der Waals surface area contributed by atoms with Crippen molar-refractivity contribution in [2.45, 2.75) is 19.9 Å². The molecular formula is C22H19ClF3N3O3. The third kappa shape index (κ3) is 5.00. The van der Waals surface area contributed by atoms with Crippen LogP contribution in [0.5, 0.6) is 0 Å². The molecule has 1 amide bonds. The highest BCUT2D eigenvalue weighted by Crippen LogP contribution is 2.23. The van der Waals surface area contributed by atoms with Gasteiger partial charge in [-0.1, -0.05) is 31.5 Å². The first-order valence-corrected chi connectivity index (χ1v) is 9.96. The van der Waals surface area contributed by atoms with E-state index in [-0.39, 0.29) is 34.5 Å². The maximum Gasteiger partial charge on any atom is 0.284 e. The predicted molar refractivity (Wildman–Crippen MR) is 113 cm³/mol. The summed E-state index contributed by atoms with van der Waals surface area (Å²) < 4.78 is 42.2. The summed E-state index contributed by atoms with van der Waals surface area (Å²) >= 11 is 5.72. The number of nitrogens with one attached hydrogen (secondary N) is 1. The highest BCUT2D eigenvalue weighted by atomic mass is 35.5. The van der Waals surface area contributed by atoms with Crippen LogP contribution in [0.3, 0.4) is 0 Å². The Bertz CT molecular complexity index is 1210. The Balaban J connectivity index is 2.22. The number of carbonyl (C=O) groups excluding carboxylic acids is 1. The van der Waals surface area contributed by atoms with E-state index in [2.05, 4.69) is 10.4 Å². The molecule has 0 radical (unpaired) electrons. The zero-order valence-corrected chi connectivity index (χ0v) is 17.8. The molecule has 1 heterocycles. The molecule has 1 aromatic heterocycles. The first-order valence-electron chi connectivity index (χ1n) is 9.58. The summed E-state index contributed by atoms with van der Waals surface area (Å²) in [5.74, 6) is -3.64. The number of nitrogens with zero attached hydrogens (tertiary/aromatic N) is 2. The van der Waals surface area contributed by atoms with Crippen LogP contribution in [0, 0.1) is 23.4 Å². The topological polar surface area (TPSA) is 84.2 Å². The standard InChI is InChI=1S/C22H19ClF3N3O3/c1-11(2)20(10-30)27-21(31)16-9-19(12-3-4-17(23)18(26)5-12)28-29(22(16)32)15-7-13(24)6-14(25)8-15/h3-9,11,20,30H,10H2,1-2H3,(H,27,31). The molecule has 6 nitrogen and oxygen atoms in total. The molecule has 168 valence electrons. The molecule has 2 N–H and O–H groups in total. The van der Waals surface area contributed by atoms with Gasteiger partial charge in [0.1, 0.15) is 23.0 Å². The number of carbonyl (C=O) groups is 1. The molecule has 2 aromatic carbocycles. The van der Waals surface area contributed by atoms with Crippen LogP contribution in [-0.4, -0.2) is 33.4 Å². The molecule has 10 heteroatoms. The van der Waals surface area contributed by atoms with Crippen molar-refractivity contribution in [3.63, 3.8) is 0 Å². The SMILES string of the molecule is CC(C)C(CO)NC(=O)c1cc(-c2ccc(Cl)c(F)c2)nn(-c2cc(F)cc(F)c2)c1=O. The molecule has 1 unspecified atom stereocenters. The lowest BCUT2D eigenvalue weighted by atomic mass is 10.0. The van der Waals surface area contributed by atoms with E-state index >= 15 is 0 Å². The molecule has 0 aliphatic heterocycles. The average molecular weight is 466 g/mol. The smallest absolute Gasteiger partial charge is 0.284 e. The molecule has 0 aliphatic rings. The second kappa shape index (κ2) is 9.54. The van der Waals surface area contributed by atoms with Crippen molar-refractivity contribution in [1.82, 2.24) is 15.1 Å². The quantitative estimate of drug-likeness (QED) is 0.581. The van der Waals surface area contributed by atoms with Gasteiger partial charge in [-0.25, -0.2) is 13.2 Å². The van der Waals surface area contributed by atoms with Crippen molar-refractivity contribution in [3.05, 3.63) is 80.9 Å². The Hall–Kier alpha value is -3.17. The number of benzene rings is 2. The van der Waals surface area contributed by atoms with E-state index in [1.165, 1.54) is 12.1 Å². The van der Waals surface area contributed by atoms with Crippen LogP contribution in [0.4, 0.5) is 13.2 Å². The van der Waals surface area contributed by atoms with Gasteiger partial charge in [-0.15, -0.1) is 0 Å². The monoisotopic (exact) mass is 465 g/mol. The molecular weight excluding hydrogens is 447 g/mol. The largest absolute Gasteiger partial charge is 0.394 e. The fourth-order valence-corrected chi connectivity index (χ4v) is 3.08. The van der Waals surface area contributed by atoms with Crippen molar-refractivity contribution >= 4 is 17.5 Å². The maximum absolute atomic E-state index is 14.0. The average Bonchev–Trinajstić information content (AvgIpc) is 2.73. The number of rotatable bonds is 6. The Morgan fingerprint density at radius 3 is 2.34 bits per heavy atom. The minimum absolute atomic E-state index is 0.0138. The van der Waals surface area contributed by atoms with Gasteiger partial charge in [0.05, 0.1) is 29.1 Å². The summed E-state index contributed by atoms with van der Waals surface area (Å²) in [4.78, 5) is 25.9. The van der Waals surface area contributed by atoms with Crippen LogP contribution in [0.15, 0.2) is 47.3 Å². The van der Waals surface area contributed by atoms with Gasteiger partial charge in [-0.3, -0.25) is 9.59 Å². The van der Waals surface area contributed by atoms with E-state index in [1.54, 1.807) is 13.8 Å². The fourth-order valence-electron chi connectivity index (χ4n) is 2.96. The van der Waals surface area contributed by atoms with E-state index in [0.717, 1.165) is 24.3 Å². The van der Waals surface area contributed by atoms with Crippen molar-refractivity contribution in [2.75, 3.05) is 6.61 Å². The number of aromatic nitrogens is 2.